The Morgan fingerprint density at radius 1 is 1.48 bits per heavy atom. The number of nitrogens with zero attached hydrogens (tertiary/aromatic N) is 1. The monoisotopic (exact) mass is 309 g/mol. The molecular formula is C15H20ClN3O2. The predicted molar refractivity (Wildman–Crippen MR) is 84.1 cm³/mol. The van der Waals surface area contributed by atoms with Crippen molar-refractivity contribution in [2.24, 2.45) is 5.92 Å². The minimum atomic E-state index is -0.258. The summed E-state index contributed by atoms with van der Waals surface area (Å²) in [6, 6.07) is 4.89. The first kappa shape index (κ1) is 15.6. The summed E-state index contributed by atoms with van der Waals surface area (Å²) in [5.41, 5.74) is 6.71. The van der Waals surface area contributed by atoms with Gasteiger partial charge in [-0.25, -0.2) is 0 Å². The second-order valence-electron chi connectivity index (χ2n) is 5.53. The number of carbonyl (C=O) groups excluding carboxylic acids is 2. The molecule has 0 aliphatic carbocycles. The summed E-state index contributed by atoms with van der Waals surface area (Å²) in [5, 5.41) is 3.21. The van der Waals surface area contributed by atoms with E-state index in [0.29, 0.717) is 35.3 Å². The molecule has 5 nitrogen and oxygen atoms in total. The number of halogens is 1. The quantitative estimate of drug-likeness (QED) is 0.842. The average Bonchev–Trinajstić information content (AvgIpc) is 2.58. The fourth-order valence-electron chi connectivity index (χ4n) is 2.34. The predicted octanol–water partition coefficient (Wildman–Crippen LogP) is 2.51. The summed E-state index contributed by atoms with van der Waals surface area (Å²) >= 11 is 5.88. The molecule has 0 aromatic heterocycles. The topological polar surface area (TPSA) is 75.4 Å². The number of benzene rings is 1. The van der Waals surface area contributed by atoms with E-state index in [1.807, 2.05) is 0 Å². The van der Waals surface area contributed by atoms with Gasteiger partial charge in [0.2, 0.25) is 11.8 Å². The number of nitrogens with two attached hydrogens (primary N) is 1. The van der Waals surface area contributed by atoms with Crippen molar-refractivity contribution in [1.29, 1.82) is 0 Å². The molecule has 114 valence electrons. The van der Waals surface area contributed by atoms with Gasteiger partial charge in [0, 0.05) is 18.0 Å². The molecule has 0 saturated carbocycles. The molecule has 21 heavy (non-hydrogen) atoms. The van der Waals surface area contributed by atoms with Crippen molar-refractivity contribution >= 4 is 34.8 Å². The molecular weight excluding hydrogens is 290 g/mol. The van der Waals surface area contributed by atoms with Gasteiger partial charge in [0.1, 0.15) is 0 Å². The molecule has 1 fully saturated rings. The van der Waals surface area contributed by atoms with Gasteiger partial charge in [-0.05, 0) is 37.0 Å². The molecule has 0 radical (unpaired) electrons. The van der Waals surface area contributed by atoms with Crippen LogP contribution in [0.3, 0.4) is 0 Å². The van der Waals surface area contributed by atoms with E-state index in [-0.39, 0.29) is 18.4 Å². The third kappa shape index (κ3) is 4.36. The van der Waals surface area contributed by atoms with E-state index in [1.165, 1.54) is 0 Å². The van der Waals surface area contributed by atoms with Gasteiger partial charge >= 0.3 is 0 Å². The van der Waals surface area contributed by atoms with Crippen molar-refractivity contribution in [3.8, 4) is 0 Å². The third-order valence-electron chi connectivity index (χ3n) is 3.72. The molecule has 1 heterocycles. The number of amides is 2. The molecule has 1 aromatic rings. The van der Waals surface area contributed by atoms with Crippen LogP contribution >= 0.6 is 11.6 Å². The Morgan fingerprint density at radius 3 is 3.00 bits per heavy atom. The van der Waals surface area contributed by atoms with Crippen molar-refractivity contribution in [3.63, 3.8) is 0 Å². The lowest BCUT2D eigenvalue weighted by molar-refractivity contribution is -0.134. The van der Waals surface area contributed by atoms with Gasteiger partial charge in [-0.1, -0.05) is 18.5 Å². The van der Waals surface area contributed by atoms with E-state index in [0.717, 1.165) is 12.8 Å². The average molecular weight is 310 g/mol. The molecule has 1 aliphatic heterocycles. The lowest BCUT2D eigenvalue weighted by atomic mass is 10.0. The van der Waals surface area contributed by atoms with Gasteiger partial charge in [0.15, 0.2) is 0 Å². The molecule has 1 aliphatic rings. The second kappa shape index (κ2) is 6.80. The van der Waals surface area contributed by atoms with Crippen LogP contribution in [0.15, 0.2) is 18.2 Å². The number of likely N-dealkylation sites (tertiary alicyclic amines) is 1. The van der Waals surface area contributed by atoms with E-state index in [9.17, 15) is 9.59 Å². The van der Waals surface area contributed by atoms with Crippen LogP contribution in [0.2, 0.25) is 5.02 Å². The highest BCUT2D eigenvalue weighted by molar-refractivity contribution is 6.31. The van der Waals surface area contributed by atoms with Gasteiger partial charge in [0.25, 0.3) is 0 Å². The van der Waals surface area contributed by atoms with Crippen LogP contribution in [0.25, 0.3) is 0 Å². The number of rotatable bonds is 3. The summed E-state index contributed by atoms with van der Waals surface area (Å²) in [4.78, 5) is 25.7. The summed E-state index contributed by atoms with van der Waals surface area (Å²) in [6.45, 7) is 2.81. The van der Waals surface area contributed by atoms with Crippen LogP contribution in [-0.2, 0) is 9.59 Å². The van der Waals surface area contributed by atoms with Crippen LogP contribution in [-0.4, -0.2) is 29.8 Å². The van der Waals surface area contributed by atoms with Crippen LogP contribution in [0, 0.1) is 5.92 Å². The second-order valence-corrected chi connectivity index (χ2v) is 5.96. The van der Waals surface area contributed by atoms with Gasteiger partial charge < -0.3 is 16.0 Å². The lowest BCUT2D eigenvalue weighted by Crippen LogP contribution is -2.37. The molecule has 0 bridgehead atoms. The van der Waals surface area contributed by atoms with Crippen LogP contribution in [0.1, 0.15) is 26.2 Å². The normalized spacial score (nSPS) is 19.2. The number of nitrogen functional groups attached to an aromatic ring is 1. The molecule has 3 N–H and O–H groups in total. The number of nitrogens with one attached hydrogen (secondary N) is 1. The number of hydrogen-bond donors (Lipinski definition) is 2. The van der Waals surface area contributed by atoms with E-state index in [4.69, 9.17) is 17.3 Å². The maximum atomic E-state index is 12.1. The fourth-order valence-corrected chi connectivity index (χ4v) is 2.51. The summed E-state index contributed by atoms with van der Waals surface area (Å²) in [6.07, 6.45) is 2.32. The highest BCUT2D eigenvalue weighted by atomic mass is 35.5. The molecule has 1 unspecified atom stereocenters. The Balaban J connectivity index is 1.97. The minimum Gasteiger partial charge on any atom is -0.397 e. The van der Waals surface area contributed by atoms with Gasteiger partial charge in [0.05, 0.1) is 17.9 Å². The van der Waals surface area contributed by atoms with E-state index >= 15 is 0 Å². The Kier molecular flexibility index (Phi) is 5.07. The Bertz CT molecular complexity index is 548. The lowest BCUT2D eigenvalue weighted by Gasteiger charge is -2.20. The van der Waals surface area contributed by atoms with Crippen molar-refractivity contribution in [2.45, 2.75) is 26.2 Å². The molecule has 1 atom stereocenters. The first-order chi connectivity index (χ1) is 9.95. The molecule has 1 aromatic carbocycles. The third-order valence-corrected chi connectivity index (χ3v) is 3.95. The first-order valence-corrected chi connectivity index (χ1v) is 7.46. The standard InChI is InChI=1S/C15H20ClN3O2/c1-10-2-5-15(21)19(7-6-10)9-14(20)18-13-8-11(16)3-4-12(13)17/h3-4,8,10H,2,5-7,9,17H2,1H3,(H,18,20). The molecule has 2 amide bonds. The molecule has 6 heteroatoms. The molecule has 2 rings (SSSR count). The van der Waals surface area contributed by atoms with Crippen LogP contribution in [0.5, 0.6) is 0 Å². The van der Waals surface area contributed by atoms with Crippen LogP contribution < -0.4 is 11.1 Å². The Hall–Kier alpha value is -1.75. The van der Waals surface area contributed by atoms with Crippen LogP contribution in [0.4, 0.5) is 11.4 Å². The summed E-state index contributed by atoms with van der Waals surface area (Å²) in [5.74, 6) is 0.297. The zero-order valence-corrected chi connectivity index (χ0v) is 12.8. The zero-order chi connectivity index (χ0) is 15.4. The van der Waals surface area contributed by atoms with Crippen molar-refractivity contribution in [2.75, 3.05) is 24.1 Å². The maximum absolute atomic E-state index is 12.1. The van der Waals surface area contributed by atoms with Gasteiger partial charge in [-0.2, -0.15) is 0 Å². The van der Waals surface area contributed by atoms with E-state index in [2.05, 4.69) is 12.2 Å². The Labute approximate surface area is 129 Å². The zero-order valence-electron chi connectivity index (χ0n) is 12.1. The SMILES string of the molecule is CC1CCC(=O)N(CC(=O)Nc2cc(Cl)ccc2N)CC1. The number of carbonyl (C=O) groups is 2. The van der Waals surface area contributed by atoms with E-state index < -0.39 is 0 Å². The number of anilines is 2. The number of hydrogen-bond acceptors (Lipinski definition) is 3. The van der Waals surface area contributed by atoms with Crippen molar-refractivity contribution in [1.82, 2.24) is 4.90 Å². The fraction of sp³-hybridized carbons (Fsp3) is 0.467. The minimum absolute atomic E-state index is 0.0357. The summed E-state index contributed by atoms with van der Waals surface area (Å²) in [7, 11) is 0. The van der Waals surface area contributed by atoms with E-state index in [1.54, 1.807) is 23.1 Å². The van der Waals surface area contributed by atoms with Gasteiger partial charge in [-0.15, -0.1) is 0 Å². The van der Waals surface area contributed by atoms with Crippen molar-refractivity contribution in [3.05, 3.63) is 23.2 Å². The van der Waals surface area contributed by atoms with Gasteiger partial charge in [-0.3, -0.25) is 9.59 Å². The molecule has 1 saturated heterocycles. The molecule has 0 spiro atoms. The largest absolute Gasteiger partial charge is 0.397 e. The maximum Gasteiger partial charge on any atom is 0.244 e. The highest BCUT2D eigenvalue weighted by Gasteiger charge is 2.22. The first-order valence-electron chi connectivity index (χ1n) is 7.08. The smallest absolute Gasteiger partial charge is 0.244 e. The Morgan fingerprint density at radius 2 is 2.24 bits per heavy atom. The highest BCUT2D eigenvalue weighted by Crippen LogP contribution is 2.23. The van der Waals surface area contributed by atoms with Crippen molar-refractivity contribution < 1.29 is 9.59 Å². The summed E-state index contributed by atoms with van der Waals surface area (Å²) < 4.78 is 0.